The van der Waals surface area contributed by atoms with Gasteiger partial charge in [0.15, 0.2) is 5.82 Å². The summed E-state index contributed by atoms with van der Waals surface area (Å²) in [6.07, 6.45) is -2.35. The van der Waals surface area contributed by atoms with E-state index in [4.69, 9.17) is 10.4 Å². The molecule has 0 amide bonds. The van der Waals surface area contributed by atoms with E-state index in [0.717, 1.165) is 12.0 Å². The van der Waals surface area contributed by atoms with Crippen LogP contribution in [0.1, 0.15) is 29.6 Å². The maximum atomic E-state index is 12.2. The molecule has 1 aliphatic carbocycles. The Morgan fingerprint density at radius 2 is 1.68 bits per heavy atom. The minimum atomic E-state index is -4.73. The first-order valence-electron chi connectivity index (χ1n) is 8.36. The number of nitrogens with zero attached hydrogens (tertiary/aromatic N) is 4. The molecule has 0 spiro atoms. The van der Waals surface area contributed by atoms with Crippen LogP contribution in [0.2, 0.25) is 0 Å². The van der Waals surface area contributed by atoms with E-state index in [1.165, 1.54) is 35.3 Å². The number of benzene rings is 2. The Morgan fingerprint density at radius 1 is 1.00 bits per heavy atom. The van der Waals surface area contributed by atoms with Gasteiger partial charge in [0.25, 0.3) is 0 Å². The lowest BCUT2D eigenvalue weighted by molar-refractivity contribution is -0.274. The standard InChI is InChI=1S/C18H15F3N4O3/c19-18(20,21)28-14-7-5-12(6-8-14)24-10-22-17(23-24)16-9-15(16)11-1-3-13(4-2-11)25(26)27/h1-8,10,15-16,26-27H,9H2. The number of alkyl halides is 3. The zero-order chi connectivity index (χ0) is 19.9. The van der Waals surface area contributed by atoms with Crippen LogP contribution in [-0.2, 0) is 0 Å². The van der Waals surface area contributed by atoms with Gasteiger partial charge in [-0.05, 0) is 54.3 Å². The van der Waals surface area contributed by atoms with Gasteiger partial charge in [0.1, 0.15) is 12.1 Å². The molecule has 4 rings (SSSR count). The Morgan fingerprint density at radius 3 is 2.29 bits per heavy atom. The van der Waals surface area contributed by atoms with Gasteiger partial charge < -0.3 is 4.74 Å². The van der Waals surface area contributed by atoms with Gasteiger partial charge in [-0.1, -0.05) is 12.1 Å². The number of hydrogen-bond donors (Lipinski definition) is 2. The van der Waals surface area contributed by atoms with E-state index in [2.05, 4.69) is 14.8 Å². The Hall–Kier alpha value is -3.11. The molecular formula is C18H15F3N4O3. The molecule has 2 unspecified atom stereocenters. The van der Waals surface area contributed by atoms with Crippen molar-refractivity contribution < 1.29 is 28.3 Å². The van der Waals surface area contributed by atoms with E-state index in [0.29, 0.717) is 11.5 Å². The summed E-state index contributed by atoms with van der Waals surface area (Å²) in [5.74, 6) is 0.722. The van der Waals surface area contributed by atoms with Crippen LogP contribution in [0.25, 0.3) is 5.69 Å². The normalized spacial score (nSPS) is 18.8. The van der Waals surface area contributed by atoms with E-state index in [-0.39, 0.29) is 28.5 Å². The summed E-state index contributed by atoms with van der Waals surface area (Å²) >= 11 is 0. The Kier molecular flexibility index (Phi) is 4.44. The zero-order valence-corrected chi connectivity index (χ0v) is 14.3. The summed E-state index contributed by atoms with van der Waals surface area (Å²) in [6, 6.07) is 12.2. The molecule has 1 heterocycles. The quantitative estimate of drug-likeness (QED) is 0.638. The molecule has 2 N–H and O–H groups in total. The summed E-state index contributed by atoms with van der Waals surface area (Å²) in [5.41, 5.74) is 1.88. The van der Waals surface area contributed by atoms with Crippen molar-refractivity contribution in [3.05, 3.63) is 66.2 Å². The molecule has 2 aromatic carbocycles. The minimum absolute atomic E-state index is 0.0579. The van der Waals surface area contributed by atoms with Gasteiger partial charge in [0, 0.05) is 5.92 Å². The molecule has 3 aromatic rings. The van der Waals surface area contributed by atoms with Crippen LogP contribution in [0.5, 0.6) is 5.75 Å². The van der Waals surface area contributed by atoms with Gasteiger partial charge in [-0.25, -0.2) is 9.67 Å². The molecule has 0 saturated heterocycles. The van der Waals surface area contributed by atoms with Crippen molar-refractivity contribution in [2.24, 2.45) is 0 Å². The van der Waals surface area contributed by atoms with Gasteiger partial charge >= 0.3 is 6.36 Å². The van der Waals surface area contributed by atoms with Crippen LogP contribution < -0.4 is 9.96 Å². The molecule has 1 aliphatic rings. The fourth-order valence-corrected chi connectivity index (χ4v) is 3.07. The predicted octanol–water partition coefficient (Wildman–Crippen LogP) is 4.02. The maximum Gasteiger partial charge on any atom is 0.573 e. The first-order chi connectivity index (χ1) is 13.3. The van der Waals surface area contributed by atoms with Crippen molar-refractivity contribution in [2.45, 2.75) is 24.6 Å². The maximum absolute atomic E-state index is 12.2. The monoisotopic (exact) mass is 392 g/mol. The number of anilines is 1. The van der Waals surface area contributed by atoms with Crippen molar-refractivity contribution >= 4 is 5.69 Å². The van der Waals surface area contributed by atoms with E-state index >= 15 is 0 Å². The molecule has 2 atom stereocenters. The predicted molar refractivity (Wildman–Crippen MR) is 90.6 cm³/mol. The van der Waals surface area contributed by atoms with Crippen molar-refractivity contribution in [2.75, 3.05) is 5.23 Å². The zero-order valence-electron chi connectivity index (χ0n) is 14.3. The molecule has 146 valence electrons. The summed E-state index contributed by atoms with van der Waals surface area (Å²) < 4.78 is 42.0. The van der Waals surface area contributed by atoms with Crippen molar-refractivity contribution in [1.82, 2.24) is 14.8 Å². The third kappa shape index (κ3) is 3.92. The van der Waals surface area contributed by atoms with Gasteiger partial charge in [-0.3, -0.25) is 10.4 Å². The van der Waals surface area contributed by atoms with Gasteiger partial charge in [0.2, 0.25) is 0 Å². The Labute approximate surface area is 157 Å². The topological polar surface area (TPSA) is 83.6 Å². The van der Waals surface area contributed by atoms with Gasteiger partial charge in [-0.15, -0.1) is 18.4 Å². The highest BCUT2D eigenvalue weighted by molar-refractivity contribution is 5.45. The molecule has 10 heteroatoms. The van der Waals surface area contributed by atoms with Gasteiger partial charge in [-0.2, -0.15) is 5.10 Å². The van der Waals surface area contributed by atoms with Crippen LogP contribution in [-0.4, -0.2) is 31.5 Å². The molecule has 28 heavy (non-hydrogen) atoms. The lowest BCUT2D eigenvalue weighted by Crippen LogP contribution is -2.17. The first kappa shape index (κ1) is 18.3. The fourth-order valence-electron chi connectivity index (χ4n) is 3.07. The highest BCUT2D eigenvalue weighted by Crippen LogP contribution is 2.53. The van der Waals surface area contributed by atoms with E-state index in [9.17, 15) is 13.2 Å². The lowest BCUT2D eigenvalue weighted by atomic mass is 10.1. The second-order valence-electron chi connectivity index (χ2n) is 6.42. The molecule has 0 bridgehead atoms. The number of ether oxygens (including phenoxy) is 1. The summed E-state index contributed by atoms with van der Waals surface area (Å²) in [5, 5.41) is 22.5. The van der Waals surface area contributed by atoms with E-state index < -0.39 is 6.36 Å². The molecule has 0 aliphatic heterocycles. The molecule has 1 saturated carbocycles. The van der Waals surface area contributed by atoms with Crippen LogP contribution in [0.15, 0.2) is 54.9 Å². The van der Waals surface area contributed by atoms with Crippen LogP contribution >= 0.6 is 0 Å². The largest absolute Gasteiger partial charge is 0.573 e. The SMILES string of the molecule is ON(O)c1ccc(C2CC2c2ncn(-c3ccc(OC(F)(F)F)cc3)n2)cc1. The second-order valence-corrected chi connectivity index (χ2v) is 6.42. The fraction of sp³-hybridized carbons (Fsp3) is 0.222. The summed E-state index contributed by atoms with van der Waals surface area (Å²) in [7, 11) is 0. The first-order valence-corrected chi connectivity index (χ1v) is 8.36. The molecule has 1 fully saturated rings. The smallest absolute Gasteiger partial charge is 0.406 e. The van der Waals surface area contributed by atoms with Crippen molar-refractivity contribution in [3.8, 4) is 11.4 Å². The third-order valence-electron chi connectivity index (χ3n) is 4.52. The Balaban J connectivity index is 1.44. The van der Waals surface area contributed by atoms with E-state index in [1.54, 1.807) is 12.1 Å². The molecule has 1 aromatic heterocycles. The van der Waals surface area contributed by atoms with Crippen LogP contribution in [0.3, 0.4) is 0 Å². The molecular weight excluding hydrogens is 377 g/mol. The number of halogens is 3. The highest BCUT2D eigenvalue weighted by Gasteiger charge is 2.42. The van der Waals surface area contributed by atoms with Crippen molar-refractivity contribution in [1.29, 1.82) is 0 Å². The highest BCUT2D eigenvalue weighted by atomic mass is 19.4. The van der Waals surface area contributed by atoms with Gasteiger partial charge in [0.05, 0.1) is 11.4 Å². The number of aromatic nitrogens is 3. The molecule has 0 radical (unpaired) electrons. The van der Waals surface area contributed by atoms with Crippen LogP contribution in [0.4, 0.5) is 18.9 Å². The van der Waals surface area contributed by atoms with Crippen LogP contribution in [0, 0.1) is 0 Å². The third-order valence-corrected chi connectivity index (χ3v) is 4.52. The molecule has 7 nitrogen and oxygen atoms in total. The van der Waals surface area contributed by atoms with E-state index in [1.807, 2.05) is 12.1 Å². The number of rotatable bonds is 5. The minimum Gasteiger partial charge on any atom is -0.406 e. The van der Waals surface area contributed by atoms with Crippen molar-refractivity contribution in [3.63, 3.8) is 0 Å². The average Bonchev–Trinajstić information content (AvgIpc) is 3.30. The lowest BCUT2D eigenvalue weighted by Gasteiger charge is -2.09. The summed E-state index contributed by atoms with van der Waals surface area (Å²) in [6.45, 7) is 0. The number of hydrogen-bond acceptors (Lipinski definition) is 6. The summed E-state index contributed by atoms with van der Waals surface area (Å²) in [4.78, 5) is 4.31. The second kappa shape index (κ2) is 6.80. The Bertz CT molecular complexity index is 955. The average molecular weight is 392 g/mol.